The van der Waals surface area contributed by atoms with Crippen molar-refractivity contribution < 1.29 is 9.59 Å². The Morgan fingerprint density at radius 2 is 1.38 bits per heavy atom. The zero-order valence-corrected chi connectivity index (χ0v) is 19.1. The van der Waals surface area contributed by atoms with Crippen LogP contribution >= 0.6 is 11.6 Å². The average Bonchev–Trinajstić information content (AvgIpc) is 3.08. The van der Waals surface area contributed by atoms with Crippen LogP contribution in [-0.4, -0.2) is 29.2 Å². The molecular formula is C29H29ClNO+. The molecule has 0 atom stereocenters. The Labute approximate surface area is 196 Å². The molecule has 0 unspecified atom stereocenters. The Morgan fingerprint density at radius 3 is 2.03 bits per heavy atom. The van der Waals surface area contributed by atoms with Crippen LogP contribution in [0.25, 0.3) is 11.1 Å². The Bertz CT molecular complexity index is 1140. The molecule has 0 spiro atoms. The average molecular weight is 443 g/mol. The van der Waals surface area contributed by atoms with Crippen LogP contribution in [0.4, 0.5) is 0 Å². The number of halogens is 1. The third-order valence-electron chi connectivity index (χ3n) is 7.15. The van der Waals surface area contributed by atoms with Crippen LogP contribution < -0.4 is 0 Å². The standard InChI is InChI=1S/C29H29ClNO/c30-28-17-7-2-12-23(28)22-31(19-9-1-10-20-31)21-11-8-18-29(32)26-15-5-3-13-24(26)25-14-4-6-16-27(25)29/h2-7,12-17,32H,1,9-10,18-22H2/q+1. The van der Waals surface area contributed by atoms with Crippen molar-refractivity contribution in [3.63, 3.8) is 0 Å². The molecule has 162 valence electrons. The maximum atomic E-state index is 11.7. The predicted octanol–water partition coefficient (Wildman–Crippen LogP) is 6.15. The molecule has 3 heteroatoms. The Balaban J connectivity index is 1.39. The molecule has 2 aliphatic rings. The highest BCUT2D eigenvalue weighted by Crippen LogP contribution is 2.48. The van der Waals surface area contributed by atoms with E-state index in [2.05, 4.69) is 36.1 Å². The van der Waals surface area contributed by atoms with Crippen LogP contribution in [0, 0.1) is 11.8 Å². The van der Waals surface area contributed by atoms with E-state index in [9.17, 15) is 5.11 Å². The summed E-state index contributed by atoms with van der Waals surface area (Å²) in [7, 11) is 0. The van der Waals surface area contributed by atoms with Gasteiger partial charge in [0.1, 0.15) is 18.7 Å². The summed E-state index contributed by atoms with van der Waals surface area (Å²) in [4.78, 5) is 0. The van der Waals surface area contributed by atoms with Gasteiger partial charge in [-0.15, -0.1) is 0 Å². The minimum atomic E-state index is -1.05. The van der Waals surface area contributed by atoms with E-state index in [1.165, 1.54) is 24.8 Å². The summed E-state index contributed by atoms with van der Waals surface area (Å²) in [5, 5.41) is 12.6. The molecule has 3 aromatic rings. The van der Waals surface area contributed by atoms with Gasteiger partial charge in [0.25, 0.3) is 0 Å². The molecule has 0 radical (unpaired) electrons. The number of benzene rings is 3. The van der Waals surface area contributed by atoms with Crippen molar-refractivity contribution in [2.24, 2.45) is 0 Å². The van der Waals surface area contributed by atoms with Crippen molar-refractivity contribution in [1.29, 1.82) is 0 Å². The van der Waals surface area contributed by atoms with Gasteiger partial charge in [0.2, 0.25) is 0 Å². The van der Waals surface area contributed by atoms with Gasteiger partial charge in [0.15, 0.2) is 0 Å². The molecule has 0 aromatic heterocycles. The topological polar surface area (TPSA) is 20.2 Å². The number of fused-ring (bicyclic) bond motifs is 3. The number of nitrogens with zero attached hydrogens (tertiary/aromatic N) is 1. The largest absolute Gasteiger partial charge is 0.379 e. The van der Waals surface area contributed by atoms with E-state index in [1.54, 1.807) is 0 Å². The normalized spacial score (nSPS) is 17.7. The highest BCUT2D eigenvalue weighted by atomic mass is 35.5. The third-order valence-corrected chi connectivity index (χ3v) is 7.52. The number of hydrogen-bond acceptors (Lipinski definition) is 1. The number of hydrogen-bond donors (Lipinski definition) is 1. The smallest absolute Gasteiger partial charge is 0.141 e. The SMILES string of the molecule is OC1(CC#CC[N+]2(Cc3ccccc3Cl)CCCCC2)c2ccccc2-c2ccccc21. The summed E-state index contributed by atoms with van der Waals surface area (Å²) in [6.07, 6.45) is 4.17. The van der Waals surface area contributed by atoms with Gasteiger partial charge in [0, 0.05) is 17.0 Å². The number of aliphatic hydroxyl groups is 1. The van der Waals surface area contributed by atoms with E-state index in [1.807, 2.05) is 48.5 Å². The lowest BCUT2D eigenvalue weighted by atomic mass is 9.88. The van der Waals surface area contributed by atoms with E-state index in [0.717, 1.165) is 57.9 Å². The van der Waals surface area contributed by atoms with Crippen molar-refractivity contribution in [3.05, 3.63) is 94.5 Å². The fraction of sp³-hybridized carbons (Fsp3) is 0.310. The molecule has 0 bridgehead atoms. The Kier molecular flexibility index (Phi) is 5.82. The van der Waals surface area contributed by atoms with E-state index in [-0.39, 0.29) is 0 Å². The quantitative estimate of drug-likeness (QED) is 0.379. The van der Waals surface area contributed by atoms with Crippen LogP contribution in [0.2, 0.25) is 5.02 Å². The summed E-state index contributed by atoms with van der Waals surface area (Å²) in [5.74, 6) is 6.84. The molecule has 3 aromatic carbocycles. The van der Waals surface area contributed by atoms with Gasteiger partial charge >= 0.3 is 0 Å². The maximum Gasteiger partial charge on any atom is 0.141 e. The van der Waals surface area contributed by atoms with Crippen molar-refractivity contribution in [1.82, 2.24) is 0 Å². The highest BCUT2D eigenvalue weighted by Gasteiger charge is 2.40. The van der Waals surface area contributed by atoms with Gasteiger partial charge in [-0.25, -0.2) is 0 Å². The van der Waals surface area contributed by atoms with E-state index < -0.39 is 5.60 Å². The van der Waals surface area contributed by atoms with Crippen LogP contribution in [-0.2, 0) is 12.1 Å². The van der Waals surface area contributed by atoms with Crippen LogP contribution in [0.5, 0.6) is 0 Å². The molecular weight excluding hydrogens is 414 g/mol. The van der Waals surface area contributed by atoms with E-state index >= 15 is 0 Å². The summed E-state index contributed by atoms with van der Waals surface area (Å²) >= 11 is 6.49. The second-order valence-corrected chi connectivity index (χ2v) is 9.65. The molecule has 1 aliphatic carbocycles. The first-order valence-corrected chi connectivity index (χ1v) is 12.0. The highest BCUT2D eigenvalue weighted by molar-refractivity contribution is 6.31. The molecule has 2 nitrogen and oxygen atoms in total. The molecule has 5 rings (SSSR count). The summed E-state index contributed by atoms with van der Waals surface area (Å²) in [6, 6.07) is 24.5. The molecule has 0 amide bonds. The second-order valence-electron chi connectivity index (χ2n) is 9.24. The van der Waals surface area contributed by atoms with Crippen molar-refractivity contribution in [2.75, 3.05) is 19.6 Å². The Hall–Kier alpha value is -2.57. The molecule has 1 fully saturated rings. The summed E-state index contributed by atoms with van der Waals surface area (Å²) in [5.41, 5.74) is 4.32. The van der Waals surface area contributed by atoms with Gasteiger partial charge in [-0.2, -0.15) is 0 Å². The first-order chi connectivity index (χ1) is 15.6. The number of rotatable bonds is 4. The fourth-order valence-electron chi connectivity index (χ4n) is 5.45. The molecule has 1 aliphatic heterocycles. The zero-order valence-electron chi connectivity index (χ0n) is 18.4. The van der Waals surface area contributed by atoms with Gasteiger partial charge in [-0.3, -0.25) is 0 Å². The predicted molar refractivity (Wildman–Crippen MR) is 131 cm³/mol. The fourth-order valence-corrected chi connectivity index (χ4v) is 5.65. The first kappa shape index (κ1) is 21.3. The molecule has 1 saturated heterocycles. The molecule has 32 heavy (non-hydrogen) atoms. The third kappa shape index (κ3) is 3.86. The van der Waals surface area contributed by atoms with Crippen molar-refractivity contribution in [2.45, 2.75) is 37.8 Å². The van der Waals surface area contributed by atoms with E-state index in [0.29, 0.717) is 6.42 Å². The van der Waals surface area contributed by atoms with Crippen molar-refractivity contribution in [3.8, 4) is 23.0 Å². The van der Waals surface area contributed by atoms with E-state index in [4.69, 9.17) is 11.6 Å². The lowest BCUT2D eigenvalue weighted by Crippen LogP contribution is -2.51. The van der Waals surface area contributed by atoms with Crippen LogP contribution in [0.1, 0.15) is 42.4 Å². The summed E-state index contributed by atoms with van der Waals surface area (Å²) in [6.45, 7) is 3.99. The second kappa shape index (κ2) is 8.75. The summed E-state index contributed by atoms with van der Waals surface area (Å²) < 4.78 is 0.961. The van der Waals surface area contributed by atoms with Gasteiger partial charge in [0.05, 0.1) is 13.1 Å². The van der Waals surface area contributed by atoms with Crippen LogP contribution in [0.3, 0.4) is 0 Å². The number of likely N-dealkylation sites (tertiary alicyclic amines) is 1. The number of quaternary nitrogens is 1. The van der Waals surface area contributed by atoms with Crippen molar-refractivity contribution >= 4 is 11.6 Å². The molecule has 1 heterocycles. The van der Waals surface area contributed by atoms with Crippen LogP contribution in [0.15, 0.2) is 72.8 Å². The lowest BCUT2D eigenvalue weighted by Gasteiger charge is -2.40. The first-order valence-electron chi connectivity index (χ1n) is 11.6. The minimum absolute atomic E-state index is 0.410. The Morgan fingerprint density at radius 1 is 0.781 bits per heavy atom. The van der Waals surface area contributed by atoms with Gasteiger partial charge in [-0.1, -0.05) is 84.3 Å². The minimum Gasteiger partial charge on any atom is -0.379 e. The monoisotopic (exact) mass is 442 g/mol. The van der Waals surface area contributed by atoms with Gasteiger partial charge in [-0.05, 0) is 53.5 Å². The molecule has 1 N–H and O–H groups in total. The number of piperidine rings is 1. The zero-order chi connectivity index (χ0) is 22.0. The lowest BCUT2D eigenvalue weighted by molar-refractivity contribution is -0.938. The molecule has 0 saturated carbocycles. The maximum absolute atomic E-state index is 11.7. The van der Waals surface area contributed by atoms with Gasteiger partial charge < -0.3 is 9.59 Å².